The van der Waals surface area contributed by atoms with E-state index in [2.05, 4.69) is 33.3 Å². The summed E-state index contributed by atoms with van der Waals surface area (Å²) in [5, 5.41) is 7.48. The fourth-order valence-electron chi connectivity index (χ4n) is 1.80. The Morgan fingerprint density at radius 2 is 2.11 bits per heavy atom. The Morgan fingerprint density at radius 1 is 1.39 bits per heavy atom. The number of aryl methyl sites for hydroxylation is 2. The lowest BCUT2D eigenvalue weighted by atomic mass is 10.2. The number of hydrogen-bond acceptors (Lipinski definition) is 2. The lowest BCUT2D eigenvalue weighted by Crippen LogP contribution is -2.06. The van der Waals surface area contributed by atoms with Crippen LogP contribution < -0.4 is 5.32 Å². The van der Waals surface area contributed by atoms with Crippen LogP contribution in [0, 0.1) is 5.82 Å². The maximum absolute atomic E-state index is 13.5. The molecule has 2 rings (SSSR count). The van der Waals surface area contributed by atoms with Crippen LogP contribution in [-0.4, -0.2) is 9.78 Å². The van der Waals surface area contributed by atoms with Crippen LogP contribution in [0.3, 0.4) is 0 Å². The molecule has 96 valence electrons. The fourth-order valence-corrected chi connectivity index (χ4v) is 2.55. The summed E-state index contributed by atoms with van der Waals surface area (Å²) in [6.45, 7) is 2.59. The second-order valence-corrected chi connectivity index (χ2v) is 4.81. The van der Waals surface area contributed by atoms with Crippen LogP contribution >= 0.6 is 15.9 Å². The molecule has 0 saturated carbocycles. The van der Waals surface area contributed by atoms with Gasteiger partial charge in [0, 0.05) is 7.05 Å². The van der Waals surface area contributed by atoms with E-state index in [0.717, 1.165) is 22.3 Å². The first-order chi connectivity index (χ1) is 8.63. The molecule has 0 aliphatic heterocycles. The second kappa shape index (κ2) is 5.52. The van der Waals surface area contributed by atoms with Crippen LogP contribution in [-0.2, 0) is 20.0 Å². The molecular formula is C13H15BrFN3. The zero-order chi connectivity index (χ0) is 13.1. The Hall–Kier alpha value is -1.36. The Morgan fingerprint density at radius 3 is 2.72 bits per heavy atom. The van der Waals surface area contributed by atoms with Crippen LogP contribution in [0.2, 0.25) is 0 Å². The van der Waals surface area contributed by atoms with E-state index in [4.69, 9.17) is 0 Å². The average molecular weight is 312 g/mol. The number of para-hydroxylation sites is 1. The highest BCUT2D eigenvalue weighted by molar-refractivity contribution is 9.10. The molecule has 1 aromatic carbocycles. The average Bonchev–Trinajstić information content (AvgIpc) is 2.64. The Balaban J connectivity index is 2.16. The zero-order valence-electron chi connectivity index (χ0n) is 10.4. The summed E-state index contributed by atoms with van der Waals surface area (Å²) in [5.41, 5.74) is 2.53. The van der Waals surface area contributed by atoms with Gasteiger partial charge in [-0.2, -0.15) is 5.10 Å². The second-order valence-electron chi connectivity index (χ2n) is 4.02. The fraction of sp³-hybridized carbons (Fsp3) is 0.308. The first-order valence-corrected chi connectivity index (χ1v) is 6.61. The number of halogens is 2. The van der Waals surface area contributed by atoms with Gasteiger partial charge >= 0.3 is 0 Å². The molecule has 5 heteroatoms. The number of nitrogens with zero attached hydrogens (tertiary/aromatic N) is 2. The first-order valence-electron chi connectivity index (χ1n) is 5.82. The molecule has 18 heavy (non-hydrogen) atoms. The molecule has 1 N–H and O–H groups in total. The Kier molecular flexibility index (Phi) is 4.01. The smallest absolute Gasteiger partial charge is 0.146 e. The first kappa shape index (κ1) is 13.1. The van der Waals surface area contributed by atoms with Gasteiger partial charge in [0.05, 0.1) is 28.1 Å². The van der Waals surface area contributed by atoms with E-state index in [9.17, 15) is 4.39 Å². The van der Waals surface area contributed by atoms with Gasteiger partial charge in [-0.3, -0.25) is 4.68 Å². The monoisotopic (exact) mass is 311 g/mol. The van der Waals surface area contributed by atoms with Crippen LogP contribution in [0.15, 0.2) is 28.7 Å². The van der Waals surface area contributed by atoms with Crippen LogP contribution in [0.4, 0.5) is 10.1 Å². The number of anilines is 1. The van der Waals surface area contributed by atoms with Gasteiger partial charge in [0.25, 0.3) is 0 Å². The van der Waals surface area contributed by atoms with Crippen molar-refractivity contribution in [2.75, 3.05) is 5.32 Å². The lowest BCUT2D eigenvalue weighted by molar-refractivity contribution is 0.629. The number of aromatic nitrogens is 2. The summed E-state index contributed by atoms with van der Waals surface area (Å²) >= 11 is 3.54. The van der Waals surface area contributed by atoms with Crippen LogP contribution in [0.5, 0.6) is 0 Å². The third-order valence-electron chi connectivity index (χ3n) is 2.82. The van der Waals surface area contributed by atoms with Gasteiger partial charge in [0.2, 0.25) is 0 Å². The predicted molar refractivity (Wildman–Crippen MR) is 74.0 cm³/mol. The van der Waals surface area contributed by atoms with Crippen molar-refractivity contribution in [3.63, 3.8) is 0 Å². The predicted octanol–water partition coefficient (Wildman–Crippen LogP) is 3.50. The summed E-state index contributed by atoms with van der Waals surface area (Å²) in [6.07, 6.45) is 0.869. The molecule has 0 unspecified atom stereocenters. The maximum atomic E-state index is 13.5. The van der Waals surface area contributed by atoms with Crippen molar-refractivity contribution in [1.29, 1.82) is 0 Å². The van der Waals surface area contributed by atoms with E-state index in [1.54, 1.807) is 18.2 Å². The molecule has 0 radical (unpaired) electrons. The van der Waals surface area contributed by atoms with Crippen molar-refractivity contribution < 1.29 is 4.39 Å². The summed E-state index contributed by atoms with van der Waals surface area (Å²) in [6, 6.07) is 6.65. The molecule has 0 saturated heterocycles. The molecular weight excluding hydrogens is 297 g/mol. The molecule has 1 aromatic heterocycles. The highest BCUT2D eigenvalue weighted by atomic mass is 79.9. The molecule has 0 atom stereocenters. The molecule has 0 aliphatic carbocycles. The Labute approximate surface area is 114 Å². The van der Waals surface area contributed by atoms with E-state index in [-0.39, 0.29) is 5.82 Å². The number of hydrogen-bond donors (Lipinski definition) is 1. The quantitative estimate of drug-likeness (QED) is 0.936. The molecule has 1 heterocycles. The lowest BCUT2D eigenvalue weighted by Gasteiger charge is -2.08. The van der Waals surface area contributed by atoms with Crippen LogP contribution in [0.25, 0.3) is 0 Å². The van der Waals surface area contributed by atoms with Crippen molar-refractivity contribution >= 4 is 21.6 Å². The van der Waals surface area contributed by atoms with Gasteiger partial charge in [0.1, 0.15) is 5.82 Å². The van der Waals surface area contributed by atoms with Gasteiger partial charge in [-0.25, -0.2) is 4.39 Å². The van der Waals surface area contributed by atoms with Crippen molar-refractivity contribution in [3.05, 3.63) is 45.9 Å². The van der Waals surface area contributed by atoms with Gasteiger partial charge in [-0.05, 0) is 34.5 Å². The summed E-state index contributed by atoms with van der Waals surface area (Å²) in [7, 11) is 1.89. The Bertz CT molecular complexity index is 551. The molecule has 2 aromatic rings. The largest absolute Gasteiger partial charge is 0.377 e. The summed E-state index contributed by atoms with van der Waals surface area (Å²) < 4.78 is 16.3. The zero-order valence-corrected chi connectivity index (χ0v) is 12.0. The van der Waals surface area contributed by atoms with Gasteiger partial charge in [-0.15, -0.1) is 0 Å². The minimum Gasteiger partial charge on any atom is -0.377 e. The van der Waals surface area contributed by atoms with E-state index in [0.29, 0.717) is 12.2 Å². The molecule has 0 fully saturated rings. The van der Waals surface area contributed by atoms with Gasteiger partial charge in [0.15, 0.2) is 0 Å². The number of rotatable bonds is 4. The van der Waals surface area contributed by atoms with Crippen molar-refractivity contribution in [3.8, 4) is 0 Å². The van der Waals surface area contributed by atoms with Crippen molar-refractivity contribution in [2.45, 2.75) is 19.9 Å². The SMILES string of the molecule is CCc1nn(C)c(CNc2ccccc2F)c1Br. The molecule has 0 spiro atoms. The van der Waals surface area contributed by atoms with Gasteiger partial charge < -0.3 is 5.32 Å². The minimum atomic E-state index is -0.244. The van der Waals surface area contributed by atoms with E-state index in [1.165, 1.54) is 6.07 Å². The summed E-state index contributed by atoms with van der Waals surface area (Å²) in [4.78, 5) is 0. The van der Waals surface area contributed by atoms with Crippen molar-refractivity contribution in [1.82, 2.24) is 9.78 Å². The molecule has 0 amide bonds. The standard InChI is InChI=1S/C13H15BrFN3/c1-3-10-13(14)12(18(2)17-10)8-16-11-7-5-4-6-9(11)15/h4-7,16H,3,8H2,1-2H3. The normalized spacial score (nSPS) is 10.7. The maximum Gasteiger partial charge on any atom is 0.146 e. The molecule has 0 aliphatic rings. The third kappa shape index (κ3) is 2.56. The summed E-state index contributed by atoms with van der Waals surface area (Å²) in [5.74, 6) is -0.244. The number of nitrogens with one attached hydrogen (secondary N) is 1. The highest BCUT2D eigenvalue weighted by Gasteiger charge is 2.12. The number of benzene rings is 1. The topological polar surface area (TPSA) is 29.9 Å². The van der Waals surface area contributed by atoms with Gasteiger partial charge in [-0.1, -0.05) is 19.1 Å². The molecule has 3 nitrogen and oxygen atoms in total. The van der Waals surface area contributed by atoms with E-state index in [1.807, 2.05) is 11.7 Å². The third-order valence-corrected chi connectivity index (χ3v) is 3.74. The van der Waals surface area contributed by atoms with E-state index >= 15 is 0 Å². The van der Waals surface area contributed by atoms with Crippen molar-refractivity contribution in [2.24, 2.45) is 7.05 Å². The molecule has 0 bridgehead atoms. The van der Waals surface area contributed by atoms with E-state index < -0.39 is 0 Å². The van der Waals surface area contributed by atoms with Crippen LogP contribution in [0.1, 0.15) is 18.3 Å². The highest BCUT2D eigenvalue weighted by Crippen LogP contribution is 2.23. The minimum absolute atomic E-state index is 0.244.